The number of likely N-dealkylation sites (tertiary alicyclic amines) is 1. The normalized spacial score (nSPS) is 20.4. The number of alkyl halides is 3. The Morgan fingerprint density at radius 2 is 1.83 bits per heavy atom. The molecule has 0 atom stereocenters. The van der Waals surface area contributed by atoms with E-state index in [1.807, 2.05) is 4.90 Å². The predicted molar refractivity (Wildman–Crippen MR) is 79.2 cm³/mol. The highest BCUT2D eigenvalue weighted by molar-refractivity contribution is 5.79. The Hall–Kier alpha value is -1.86. The fourth-order valence-corrected chi connectivity index (χ4v) is 3.33. The van der Waals surface area contributed by atoms with Gasteiger partial charge in [0.1, 0.15) is 6.10 Å². The van der Waals surface area contributed by atoms with Crippen LogP contribution in [0.3, 0.4) is 0 Å². The van der Waals surface area contributed by atoms with E-state index in [1.54, 1.807) is 0 Å². The molecule has 24 heavy (non-hydrogen) atoms. The summed E-state index contributed by atoms with van der Waals surface area (Å²) in [5.74, 6) is 0.357. The third-order valence-corrected chi connectivity index (χ3v) is 4.65. The Morgan fingerprint density at radius 1 is 1.17 bits per heavy atom. The van der Waals surface area contributed by atoms with Gasteiger partial charge in [0.25, 0.3) is 0 Å². The molecule has 0 unspecified atom stereocenters. The molecule has 1 aliphatic carbocycles. The van der Waals surface area contributed by atoms with E-state index in [2.05, 4.69) is 9.97 Å². The maximum absolute atomic E-state index is 12.6. The maximum Gasteiger partial charge on any atom is 0.433 e. The molecule has 0 radical (unpaired) electrons. The molecule has 1 aliphatic heterocycles. The summed E-state index contributed by atoms with van der Waals surface area (Å²) in [5.41, 5.74) is -1.01. The summed E-state index contributed by atoms with van der Waals surface area (Å²) in [5, 5.41) is 0. The molecule has 1 amide bonds. The van der Waals surface area contributed by atoms with Crippen molar-refractivity contribution < 1.29 is 22.7 Å². The summed E-state index contributed by atoms with van der Waals surface area (Å²) in [6.45, 7) is 1.14. The quantitative estimate of drug-likeness (QED) is 0.846. The topological polar surface area (TPSA) is 55.3 Å². The van der Waals surface area contributed by atoms with Crippen LogP contribution in [0.5, 0.6) is 6.01 Å². The van der Waals surface area contributed by atoms with Crippen LogP contribution in [0.4, 0.5) is 13.2 Å². The van der Waals surface area contributed by atoms with Crippen molar-refractivity contribution in [3.63, 3.8) is 0 Å². The van der Waals surface area contributed by atoms with Crippen LogP contribution in [0.25, 0.3) is 0 Å². The van der Waals surface area contributed by atoms with Gasteiger partial charge in [0.2, 0.25) is 5.91 Å². The molecule has 3 rings (SSSR count). The molecule has 0 aromatic carbocycles. The zero-order valence-corrected chi connectivity index (χ0v) is 13.3. The average molecular weight is 343 g/mol. The van der Waals surface area contributed by atoms with E-state index in [0.717, 1.165) is 37.9 Å². The number of piperidine rings is 1. The van der Waals surface area contributed by atoms with Gasteiger partial charge in [-0.2, -0.15) is 18.2 Å². The summed E-state index contributed by atoms with van der Waals surface area (Å²) >= 11 is 0. The lowest BCUT2D eigenvalue weighted by molar-refractivity contribution is -0.142. The van der Waals surface area contributed by atoms with Crippen LogP contribution in [0.2, 0.25) is 0 Å². The summed E-state index contributed by atoms with van der Waals surface area (Å²) in [6.07, 6.45) is 1.59. The number of carbonyl (C=O) groups is 1. The molecule has 2 heterocycles. The number of aromatic nitrogens is 2. The molecule has 2 aliphatic rings. The van der Waals surface area contributed by atoms with Crippen molar-refractivity contribution >= 4 is 5.91 Å². The molecule has 2 fully saturated rings. The molecule has 1 saturated carbocycles. The van der Waals surface area contributed by atoms with Crippen LogP contribution in [0.15, 0.2) is 12.3 Å². The van der Waals surface area contributed by atoms with Crippen molar-refractivity contribution in [2.75, 3.05) is 13.1 Å². The monoisotopic (exact) mass is 343 g/mol. The van der Waals surface area contributed by atoms with Crippen LogP contribution < -0.4 is 4.74 Å². The van der Waals surface area contributed by atoms with Gasteiger partial charge in [-0.25, -0.2) is 4.98 Å². The molecule has 132 valence electrons. The van der Waals surface area contributed by atoms with Crippen molar-refractivity contribution in [1.29, 1.82) is 0 Å². The Bertz CT molecular complexity index is 580. The zero-order chi connectivity index (χ0) is 17.2. The molecular weight excluding hydrogens is 323 g/mol. The number of rotatable bonds is 3. The van der Waals surface area contributed by atoms with Gasteiger partial charge in [0.05, 0.1) is 0 Å². The molecule has 1 aromatic rings. The summed E-state index contributed by atoms with van der Waals surface area (Å²) in [7, 11) is 0. The first kappa shape index (κ1) is 17.0. The Morgan fingerprint density at radius 3 is 2.46 bits per heavy atom. The number of hydrogen-bond acceptors (Lipinski definition) is 4. The Labute approximate surface area is 138 Å². The third-order valence-electron chi connectivity index (χ3n) is 4.65. The van der Waals surface area contributed by atoms with Crippen LogP contribution >= 0.6 is 0 Å². The molecule has 0 N–H and O–H groups in total. The van der Waals surface area contributed by atoms with Gasteiger partial charge in [0.15, 0.2) is 5.69 Å². The van der Waals surface area contributed by atoms with Gasteiger partial charge in [-0.1, -0.05) is 12.8 Å². The van der Waals surface area contributed by atoms with E-state index in [4.69, 9.17) is 4.74 Å². The molecule has 0 spiro atoms. The molecule has 1 saturated heterocycles. The molecule has 8 heteroatoms. The first-order valence-electron chi connectivity index (χ1n) is 8.29. The lowest BCUT2D eigenvalue weighted by atomic mass is 10.0. The fraction of sp³-hybridized carbons (Fsp3) is 0.688. The molecule has 5 nitrogen and oxygen atoms in total. The minimum absolute atomic E-state index is 0.147. The summed E-state index contributed by atoms with van der Waals surface area (Å²) in [4.78, 5) is 21.4. The Kier molecular flexibility index (Phi) is 4.91. The second-order valence-corrected chi connectivity index (χ2v) is 6.35. The van der Waals surface area contributed by atoms with E-state index >= 15 is 0 Å². The van der Waals surface area contributed by atoms with Crippen LogP contribution in [-0.4, -0.2) is 40.0 Å². The molecule has 0 bridgehead atoms. The van der Waals surface area contributed by atoms with Crippen LogP contribution in [0, 0.1) is 5.92 Å². The van der Waals surface area contributed by atoms with Crippen molar-refractivity contribution in [2.24, 2.45) is 5.92 Å². The Balaban J connectivity index is 1.53. The third kappa shape index (κ3) is 3.96. The van der Waals surface area contributed by atoms with Gasteiger partial charge >= 0.3 is 12.2 Å². The highest BCUT2D eigenvalue weighted by atomic mass is 19.4. The second kappa shape index (κ2) is 6.94. The van der Waals surface area contributed by atoms with E-state index in [9.17, 15) is 18.0 Å². The second-order valence-electron chi connectivity index (χ2n) is 6.35. The van der Waals surface area contributed by atoms with Crippen LogP contribution in [0.1, 0.15) is 44.2 Å². The lowest BCUT2D eigenvalue weighted by Gasteiger charge is -2.33. The van der Waals surface area contributed by atoms with E-state index in [1.165, 1.54) is 0 Å². The number of ether oxygens (including phenoxy) is 1. The van der Waals surface area contributed by atoms with Gasteiger partial charge in [-0.3, -0.25) is 4.79 Å². The van der Waals surface area contributed by atoms with Gasteiger partial charge < -0.3 is 9.64 Å². The predicted octanol–water partition coefficient (Wildman–Crippen LogP) is 3.06. The van der Waals surface area contributed by atoms with Crippen molar-refractivity contribution in [2.45, 2.75) is 50.8 Å². The summed E-state index contributed by atoms with van der Waals surface area (Å²) < 4.78 is 43.4. The largest absolute Gasteiger partial charge is 0.460 e. The van der Waals surface area contributed by atoms with Crippen molar-refractivity contribution in [3.8, 4) is 6.01 Å². The van der Waals surface area contributed by atoms with Crippen LogP contribution in [-0.2, 0) is 11.0 Å². The summed E-state index contributed by atoms with van der Waals surface area (Å²) in [6, 6.07) is 0.556. The van der Waals surface area contributed by atoms with E-state index in [-0.39, 0.29) is 23.9 Å². The SMILES string of the molecule is O=C(C1CCCC1)N1CCC(Oc2nccc(C(F)(F)F)n2)CC1. The lowest BCUT2D eigenvalue weighted by Crippen LogP contribution is -2.44. The standard InChI is InChI=1S/C16H20F3N3O2/c17-16(18,19)13-5-8-20-15(21-13)24-12-6-9-22(10-7-12)14(23)11-3-1-2-4-11/h5,8,11-12H,1-4,6-7,9-10H2. The van der Waals surface area contributed by atoms with Gasteiger partial charge in [-0.05, 0) is 18.9 Å². The van der Waals surface area contributed by atoms with E-state index in [0.29, 0.717) is 25.9 Å². The first-order chi connectivity index (χ1) is 11.4. The fourth-order valence-electron chi connectivity index (χ4n) is 3.33. The number of carbonyl (C=O) groups excluding carboxylic acids is 1. The highest BCUT2D eigenvalue weighted by Crippen LogP contribution is 2.29. The highest BCUT2D eigenvalue weighted by Gasteiger charge is 2.34. The minimum Gasteiger partial charge on any atom is -0.460 e. The number of halogens is 3. The zero-order valence-electron chi connectivity index (χ0n) is 13.3. The molecule has 1 aromatic heterocycles. The average Bonchev–Trinajstić information content (AvgIpc) is 3.09. The first-order valence-corrected chi connectivity index (χ1v) is 8.29. The number of hydrogen-bond donors (Lipinski definition) is 0. The van der Waals surface area contributed by atoms with Gasteiger partial charge in [0, 0.05) is 38.0 Å². The minimum atomic E-state index is -4.52. The maximum atomic E-state index is 12.6. The molecular formula is C16H20F3N3O2. The van der Waals surface area contributed by atoms with Crippen molar-refractivity contribution in [1.82, 2.24) is 14.9 Å². The number of nitrogens with zero attached hydrogens (tertiary/aromatic N) is 3. The smallest absolute Gasteiger partial charge is 0.433 e. The van der Waals surface area contributed by atoms with E-state index < -0.39 is 11.9 Å². The van der Waals surface area contributed by atoms with Gasteiger partial charge in [-0.15, -0.1) is 0 Å². The van der Waals surface area contributed by atoms with Crippen molar-refractivity contribution in [3.05, 3.63) is 18.0 Å². The number of amides is 1.